The number of nitrogens with one attached hydrogen (secondary N) is 1. The minimum Gasteiger partial charge on any atom is -0.465 e. The maximum absolute atomic E-state index is 16.2. The largest absolute Gasteiger partial charge is 0.465 e. The van der Waals surface area contributed by atoms with Gasteiger partial charge in [0.1, 0.15) is 11.4 Å². The topological polar surface area (TPSA) is 76.5 Å². The van der Waals surface area contributed by atoms with Gasteiger partial charge in [-0.1, -0.05) is 47.5 Å². The molecular weight excluding hydrogens is 590 g/mol. The molecule has 4 atom stereocenters. The summed E-state index contributed by atoms with van der Waals surface area (Å²) in [5.74, 6) is -1.20. The maximum atomic E-state index is 16.2. The molecule has 4 aliphatic rings. The average molecular weight is 620 g/mol. The number of fused-ring (bicyclic) bond motifs is 6. The summed E-state index contributed by atoms with van der Waals surface area (Å²) >= 11 is 12.7. The Kier molecular flexibility index (Phi) is 6.00. The lowest BCUT2D eigenvalue weighted by Crippen LogP contribution is -2.61. The molecule has 0 bridgehead atoms. The lowest BCUT2D eigenvalue weighted by Gasteiger charge is -2.46. The number of nitrogens with zero attached hydrogens (tertiary/aromatic N) is 3. The molecule has 7 nitrogen and oxygen atoms in total. The molecule has 0 unspecified atom stereocenters. The van der Waals surface area contributed by atoms with Crippen molar-refractivity contribution < 1.29 is 18.7 Å². The fourth-order valence-corrected chi connectivity index (χ4v) is 8.37. The number of aromatic nitrogens is 2. The van der Waals surface area contributed by atoms with E-state index in [4.69, 9.17) is 33.0 Å². The van der Waals surface area contributed by atoms with E-state index in [0.29, 0.717) is 46.1 Å². The number of ether oxygens (including phenoxy) is 1. The summed E-state index contributed by atoms with van der Waals surface area (Å²) in [6.45, 7) is 2.61. The number of amides is 1. The minimum absolute atomic E-state index is 0.0238. The third-order valence-electron chi connectivity index (χ3n) is 10.1. The third-order valence-corrected chi connectivity index (χ3v) is 10.6. The van der Waals surface area contributed by atoms with Crippen LogP contribution in [-0.4, -0.2) is 51.8 Å². The van der Waals surface area contributed by atoms with Crippen molar-refractivity contribution in [3.8, 4) is 0 Å². The van der Waals surface area contributed by atoms with E-state index in [1.807, 2.05) is 29.8 Å². The van der Waals surface area contributed by atoms with Gasteiger partial charge < -0.3 is 10.1 Å². The molecule has 4 aromatic rings. The summed E-state index contributed by atoms with van der Waals surface area (Å²) in [4.78, 5) is 29.4. The second kappa shape index (κ2) is 9.52. The zero-order chi connectivity index (χ0) is 29.8. The van der Waals surface area contributed by atoms with Crippen molar-refractivity contribution in [3.63, 3.8) is 0 Å². The van der Waals surface area contributed by atoms with Crippen molar-refractivity contribution in [1.29, 1.82) is 0 Å². The van der Waals surface area contributed by atoms with E-state index in [9.17, 15) is 9.59 Å². The molecule has 43 heavy (non-hydrogen) atoms. The van der Waals surface area contributed by atoms with Gasteiger partial charge in [-0.25, -0.2) is 9.18 Å². The number of likely N-dealkylation sites (tertiary alicyclic amines) is 1. The fraction of sp³-hybridized carbons (Fsp3) is 0.364. The summed E-state index contributed by atoms with van der Waals surface area (Å²) in [5.41, 5.74) is 3.91. The van der Waals surface area contributed by atoms with Crippen LogP contribution in [0.5, 0.6) is 0 Å². The van der Waals surface area contributed by atoms with Crippen molar-refractivity contribution in [2.45, 2.75) is 56.1 Å². The van der Waals surface area contributed by atoms with Crippen LogP contribution in [0.1, 0.15) is 57.5 Å². The third kappa shape index (κ3) is 3.79. The van der Waals surface area contributed by atoms with Crippen LogP contribution < -0.4 is 5.32 Å². The Bertz CT molecular complexity index is 1870. The SMILES string of the molecule is COC(=O)c1ccc2c3n(nc2c1C)[C@@H]1[C@H](C3)N(CC2CC2)[C@]2(Cc3ccc(Cl)cc3NC2=O)[C@H]1c1cccc(Cl)c1F. The van der Waals surface area contributed by atoms with Gasteiger partial charge in [-0.15, -0.1) is 0 Å². The molecule has 8 rings (SSSR count). The molecule has 1 saturated carbocycles. The first kappa shape index (κ1) is 27.1. The Morgan fingerprint density at radius 2 is 2.00 bits per heavy atom. The first-order valence-corrected chi connectivity index (χ1v) is 15.4. The Labute approximate surface area is 257 Å². The van der Waals surface area contributed by atoms with Crippen LogP contribution in [-0.2, 0) is 22.4 Å². The van der Waals surface area contributed by atoms with Crippen LogP contribution in [0.4, 0.5) is 10.1 Å². The molecule has 4 heterocycles. The average Bonchev–Trinajstić information content (AvgIpc) is 3.56. The van der Waals surface area contributed by atoms with Gasteiger partial charge >= 0.3 is 5.97 Å². The number of benzene rings is 3. The summed E-state index contributed by atoms with van der Waals surface area (Å²) in [7, 11) is 1.36. The molecule has 3 aromatic carbocycles. The maximum Gasteiger partial charge on any atom is 0.338 e. The van der Waals surface area contributed by atoms with Crippen molar-refractivity contribution in [3.05, 3.63) is 92.3 Å². The van der Waals surface area contributed by atoms with E-state index >= 15 is 4.39 Å². The summed E-state index contributed by atoms with van der Waals surface area (Å²) < 4.78 is 23.2. The highest BCUT2D eigenvalue weighted by Crippen LogP contribution is 2.60. The van der Waals surface area contributed by atoms with E-state index in [1.165, 1.54) is 7.11 Å². The van der Waals surface area contributed by atoms with E-state index < -0.39 is 23.2 Å². The van der Waals surface area contributed by atoms with Gasteiger partial charge in [0.2, 0.25) is 5.91 Å². The number of esters is 1. The number of anilines is 1. The number of hydrogen-bond acceptors (Lipinski definition) is 5. The van der Waals surface area contributed by atoms with Crippen LogP contribution in [0.3, 0.4) is 0 Å². The Balaban J connectivity index is 1.37. The Hall–Kier alpha value is -3.46. The number of halogens is 3. The minimum atomic E-state index is -1.08. The number of methoxy groups -OCH3 is 1. The molecule has 1 aromatic heterocycles. The molecule has 220 valence electrons. The Morgan fingerprint density at radius 3 is 2.77 bits per heavy atom. The standard InChI is InChI=1S/C33H29Cl2FN4O3/c1-16-20(31(41)43-2)10-11-21-25-13-26-30(40(25)38-29(16)21)27(22-4-3-5-23(35)28(22)36)33(39(26)15-17-6-7-17)14-18-8-9-19(34)12-24(18)37-32(33)42/h3-5,8-12,17,26-27,30H,6-7,13-15H2,1-2H3,(H,37,42)/t26-,27-,30+,33+/m0/s1. The normalized spacial score (nSPS) is 26.0. The number of hydrogen-bond donors (Lipinski definition) is 1. The van der Waals surface area contributed by atoms with Crippen LogP contribution in [0, 0.1) is 18.7 Å². The van der Waals surface area contributed by atoms with Gasteiger partial charge in [-0.2, -0.15) is 5.10 Å². The molecular formula is C33H29Cl2FN4O3. The monoisotopic (exact) mass is 618 g/mol. The van der Waals surface area contributed by atoms with Crippen LogP contribution in [0.25, 0.3) is 10.9 Å². The van der Waals surface area contributed by atoms with Crippen LogP contribution >= 0.6 is 23.2 Å². The number of carbonyl (C=O) groups is 2. The highest BCUT2D eigenvalue weighted by atomic mass is 35.5. The van der Waals surface area contributed by atoms with Gasteiger partial charge in [0, 0.05) is 53.1 Å². The van der Waals surface area contributed by atoms with E-state index in [0.717, 1.165) is 41.6 Å². The highest BCUT2D eigenvalue weighted by molar-refractivity contribution is 6.31. The van der Waals surface area contributed by atoms with Crippen molar-refractivity contribution >= 4 is 51.7 Å². The lowest BCUT2D eigenvalue weighted by atomic mass is 9.71. The number of aryl methyl sites for hydroxylation is 1. The molecule has 2 fully saturated rings. The molecule has 1 spiro atoms. The zero-order valence-electron chi connectivity index (χ0n) is 23.7. The second-order valence-electron chi connectivity index (χ2n) is 12.4. The van der Waals surface area contributed by atoms with Gasteiger partial charge in [-0.05, 0) is 66.6 Å². The molecule has 1 aliphatic carbocycles. The van der Waals surface area contributed by atoms with E-state index in [-0.39, 0.29) is 23.0 Å². The van der Waals surface area contributed by atoms with Gasteiger partial charge in [0.25, 0.3) is 0 Å². The van der Waals surface area contributed by atoms with Crippen molar-refractivity contribution in [1.82, 2.24) is 14.7 Å². The molecule has 3 aliphatic heterocycles. The molecule has 10 heteroatoms. The van der Waals surface area contributed by atoms with Gasteiger partial charge in [0.15, 0.2) is 0 Å². The summed E-state index contributed by atoms with van der Waals surface area (Å²) in [5, 5.41) is 9.79. The Morgan fingerprint density at radius 1 is 1.19 bits per heavy atom. The lowest BCUT2D eigenvalue weighted by molar-refractivity contribution is -0.129. The first-order chi connectivity index (χ1) is 20.7. The predicted octanol–water partition coefficient (Wildman–Crippen LogP) is 6.49. The number of carbonyl (C=O) groups excluding carboxylic acids is 2. The van der Waals surface area contributed by atoms with Gasteiger partial charge in [0.05, 0.1) is 29.3 Å². The van der Waals surface area contributed by atoms with Crippen LogP contribution in [0.2, 0.25) is 10.0 Å². The summed E-state index contributed by atoms with van der Waals surface area (Å²) in [6, 6.07) is 13.9. The highest BCUT2D eigenvalue weighted by Gasteiger charge is 2.67. The molecule has 1 N–H and O–H groups in total. The first-order valence-electron chi connectivity index (χ1n) is 14.6. The second-order valence-corrected chi connectivity index (χ2v) is 13.2. The predicted molar refractivity (Wildman–Crippen MR) is 162 cm³/mol. The van der Waals surface area contributed by atoms with Crippen molar-refractivity contribution in [2.24, 2.45) is 5.92 Å². The molecule has 1 saturated heterocycles. The quantitative estimate of drug-likeness (QED) is 0.265. The van der Waals surface area contributed by atoms with Crippen LogP contribution in [0.15, 0.2) is 48.5 Å². The molecule has 1 amide bonds. The number of rotatable bonds is 4. The fourth-order valence-electron chi connectivity index (χ4n) is 8.01. The molecule has 0 radical (unpaired) electrons. The van der Waals surface area contributed by atoms with E-state index in [2.05, 4.69) is 10.2 Å². The van der Waals surface area contributed by atoms with Crippen molar-refractivity contribution in [2.75, 3.05) is 19.0 Å². The summed E-state index contributed by atoms with van der Waals surface area (Å²) in [6.07, 6.45) is 3.27. The smallest absolute Gasteiger partial charge is 0.338 e. The zero-order valence-corrected chi connectivity index (χ0v) is 25.2. The van der Waals surface area contributed by atoms with Gasteiger partial charge in [-0.3, -0.25) is 14.4 Å². The van der Waals surface area contributed by atoms with E-state index in [1.54, 1.807) is 30.3 Å².